The van der Waals surface area contributed by atoms with Crippen LogP contribution in [0.2, 0.25) is 0 Å². The van der Waals surface area contributed by atoms with Crippen molar-refractivity contribution in [3.63, 3.8) is 0 Å². The van der Waals surface area contributed by atoms with Gasteiger partial charge in [0.05, 0.1) is 9.82 Å². The summed E-state index contributed by atoms with van der Waals surface area (Å²) in [7, 11) is -3.82. The number of aromatic hydroxyl groups is 1. The third-order valence-corrected chi connectivity index (χ3v) is 4.90. The molecule has 0 spiro atoms. The number of nitro groups is 1. The first-order valence-electron chi connectivity index (χ1n) is 6.58. The zero-order chi connectivity index (χ0) is 15.5. The van der Waals surface area contributed by atoms with Gasteiger partial charge in [0.1, 0.15) is 0 Å². The highest BCUT2D eigenvalue weighted by Crippen LogP contribution is 2.28. The van der Waals surface area contributed by atoms with Gasteiger partial charge in [0, 0.05) is 12.6 Å². The molecule has 3 N–H and O–H groups in total. The van der Waals surface area contributed by atoms with Gasteiger partial charge in [-0.1, -0.05) is 0 Å². The number of nitrogens with zero attached hydrogens (tertiary/aromatic N) is 1. The van der Waals surface area contributed by atoms with Crippen molar-refractivity contribution in [2.45, 2.75) is 17.7 Å². The quantitative estimate of drug-likeness (QED) is 0.539. The van der Waals surface area contributed by atoms with E-state index in [-0.39, 0.29) is 10.8 Å². The Morgan fingerprint density at radius 1 is 1.38 bits per heavy atom. The summed E-state index contributed by atoms with van der Waals surface area (Å²) in [5.74, 6) is -0.301. The molecule has 8 nitrogen and oxygen atoms in total. The second-order valence-electron chi connectivity index (χ2n) is 4.95. The highest BCUT2D eigenvalue weighted by atomic mass is 32.2. The summed E-state index contributed by atoms with van der Waals surface area (Å²) in [5, 5.41) is 23.3. The van der Waals surface area contributed by atoms with Gasteiger partial charge in [0.2, 0.25) is 10.0 Å². The van der Waals surface area contributed by atoms with Crippen LogP contribution >= 0.6 is 0 Å². The Morgan fingerprint density at radius 3 is 2.67 bits per heavy atom. The van der Waals surface area contributed by atoms with Gasteiger partial charge in [-0.25, -0.2) is 13.1 Å². The molecule has 0 saturated carbocycles. The van der Waals surface area contributed by atoms with Crippen molar-refractivity contribution >= 4 is 15.7 Å². The maximum atomic E-state index is 12.1. The van der Waals surface area contributed by atoms with Gasteiger partial charge in [-0.15, -0.1) is 0 Å². The van der Waals surface area contributed by atoms with E-state index in [2.05, 4.69) is 10.0 Å². The molecule has 1 aromatic rings. The maximum Gasteiger partial charge on any atom is 0.312 e. The van der Waals surface area contributed by atoms with Crippen molar-refractivity contribution in [2.75, 3.05) is 19.6 Å². The van der Waals surface area contributed by atoms with E-state index in [4.69, 9.17) is 0 Å². The molecule has 1 fully saturated rings. The van der Waals surface area contributed by atoms with Crippen molar-refractivity contribution < 1.29 is 18.4 Å². The minimum Gasteiger partial charge on any atom is -0.502 e. The average molecular weight is 315 g/mol. The molecule has 1 aliphatic rings. The molecule has 9 heteroatoms. The second kappa shape index (κ2) is 6.37. The summed E-state index contributed by atoms with van der Waals surface area (Å²) in [6.07, 6.45) is 1.77. The highest BCUT2D eigenvalue weighted by Gasteiger charge is 2.22. The molecule has 2 rings (SSSR count). The molecule has 0 atom stereocenters. The zero-order valence-corrected chi connectivity index (χ0v) is 12.1. The second-order valence-corrected chi connectivity index (χ2v) is 6.72. The predicted molar refractivity (Wildman–Crippen MR) is 75.5 cm³/mol. The van der Waals surface area contributed by atoms with Crippen LogP contribution in [-0.2, 0) is 10.0 Å². The molecule has 1 saturated heterocycles. The van der Waals surface area contributed by atoms with Crippen molar-refractivity contribution in [3.8, 4) is 5.75 Å². The minimum atomic E-state index is -3.82. The van der Waals surface area contributed by atoms with Crippen molar-refractivity contribution in [1.82, 2.24) is 10.0 Å². The standard InChI is InChI=1S/C12H17N3O5S/c16-12-2-1-10(7-11(12)15(17)18)21(19,20)14-8-9-3-5-13-6-4-9/h1-2,7,9,13-14,16H,3-6,8H2. The Morgan fingerprint density at radius 2 is 2.05 bits per heavy atom. The smallest absolute Gasteiger partial charge is 0.312 e. The highest BCUT2D eigenvalue weighted by molar-refractivity contribution is 7.89. The number of hydrogen-bond donors (Lipinski definition) is 3. The summed E-state index contributed by atoms with van der Waals surface area (Å²) >= 11 is 0. The molecule has 116 valence electrons. The molecular weight excluding hydrogens is 298 g/mol. The number of benzene rings is 1. The first-order valence-corrected chi connectivity index (χ1v) is 8.06. The Hall–Kier alpha value is -1.71. The minimum absolute atomic E-state index is 0.221. The van der Waals surface area contributed by atoms with Crippen LogP contribution in [0.4, 0.5) is 5.69 Å². The van der Waals surface area contributed by atoms with E-state index in [1.54, 1.807) is 0 Å². The SMILES string of the molecule is O=[N+]([O-])c1cc(S(=O)(=O)NCC2CCNCC2)ccc1O. The Kier molecular flexibility index (Phi) is 4.76. The normalized spacial score (nSPS) is 16.8. The monoisotopic (exact) mass is 315 g/mol. The third-order valence-electron chi connectivity index (χ3n) is 3.47. The Bertz CT molecular complexity index is 626. The van der Waals surface area contributed by atoms with E-state index in [1.807, 2.05) is 0 Å². The summed E-state index contributed by atoms with van der Waals surface area (Å²) in [6, 6.07) is 3.02. The van der Waals surface area contributed by atoms with Crippen molar-refractivity contribution in [1.29, 1.82) is 0 Å². The molecular formula is C12H17N3O5S. The van der Waals surface area contributed by atoms with E-state index in [9.17, 15) is 23.6 Å². The summed E-state index contributed by atoms with van der Waals surface area (Å²) in [4.78, 5) is 9.69. The lowest BCUT2D eigenvalue weighted by atomic mass is 9.99. The van der Waals surface area contributed by atoms with Crippen LogP contribution in [0.3, 0.4) is 0 Å². The first kappa shape index (κ1) is 15.7. The zero-order valence-electron chi connectivity index (χ0n) is 11.3. The number of piperidine rings is 1. The molecule has 1 aliphatic heterocycles. The molecule has 0 amide bonds. The van der Waals surface area contributed by atoms with Gasteiger partial charge in [0.25, 0.3) is 0 Å². The van der Waals surface area contributed by atoms with Crippen molar-refractivity contribution in [2.24, 2.45) is 5.92 Å². The number of hydrogen-bond acceptors (Lipinski definition) is 6. The van der Waals surface area contributed by atoms with Gasteiger partial charge in [-0.3, -0.25) is 10.1 Å². The number of rotatable bonds is 5. The van der Waals surface area contributed by atoms with Gasteiger partial charge in [0.15, 0.2) is 5.75 Å². The molecule has 0 unspecified atom stereocenters. The van der Waals surface area contributed by atoms with Gasteiger partial charge in [-0.05, 0) is 44.0 Å². The molecule has 0 aliphatic carbocycles. The Balaban J connectivity index is 2.11. The van der Waals surface area contributed by atoms with Crippen LogP contribution in [0.1, 0.15) is 12.8 Å². The van der Waals surface area contributed by atoms with Crippen LogP contribution in [0.15, 0.2) is 23.1 Å². The van der Waals surface area contributed by atoms with Crippen LogP contribution in [0, 0.1) is 16.0 Å². The summed E-state index contributed by atoms with van der Waals surface area (Å²) in [5.41, 5.74) is -0.625. The number of phenolic OH excluding ortho intramolecular Hbond substituents is 1. The van der Waals surface area contributed by atoms with E-state index in [1.165, 1.54) is 0 Å². The first-order chi connectivity index (χ1) is 9.90. The van der Waals surface area contributed by atoms with E-state index in [0.717, 1.165) is 44.1 Å². The van der Waals surface area contributed by atoms with E-state index < -0.39 is 26.4 Å². The van der Waals surface area contributed by atoms with Gasteiger partial charge < -0.3 is 10.4 Å². The summed E-state index contributed by atoms with van der Waals surface area (Å²) in [6.45, 7) is 2.02. The number of sulfonamides is 1. The fourth-order valence-electron chi connectivity index (χ4n) is 2.21. The number of nitro benzene ring substituents is 1. The number of nitrogens with one attached hydrogen (secondary N) is 2. The van der Waals surface area contributed by atoms with Gasteiger partial charge in [-0.2, -0.15) is 0 Å². The fourth-order valence-corrected chi connectivity index (χ4v) is 3.35. The molecule has 21 heavy (non-hydrogen) atoms. The maximum absolute atomic E-state index is 12.1. The lowest BCUT2D eigenvalue weighted by Crippen LogP contribution is -2.35. The van der Waals surface area contributed by atoms with Crippen LogP contribution in [-0.4, -0.2) is 38.1 Å². The fraction of sp³-hybridized carbons (Fsp3) is 0.500. The number of phenols is 1. The van der Waals surface area contributed by atoms with Crippen LogP contribution in [0.25, 0.3) is 0 Å². The van der Waals surface area contributed by atoms with Crippen molar-refractivity contribution in [3.05, 3.63) is 28.3 Å². The third kappa shape index (κ3) is 3.90. The van der Waals surface area contributed by atoms with E-state index in [0.29, 0.717) is 6.54 Å². The predicted octanol–water partition coefficient (Wildman–Crippen LogP) is 0.578. The topological polar surface area (TPSA) is 122 Å². The lowest BCUT2D eigenvalue weighted by Gasteiger charge is -2.22. The van der Waals surface area contributed by atoms with Gasteiger partial charge >= 0.3 is 5.69 Å². The molecule has 0 bridgehead atoms. The largest absolute Gasteiger partial charge is 0.502 e. The van der Waals surface area contributed by atoms with E-state index >= 15 is 0 Å². The Labute approximate surface area is 122 Å². The lowest BCUT2D eigenvalue weighted by molar-refractivity contribution is -0.386. The molecule has 1 aromatic carbocycles. The molecule has 0 aromatic heterocycles. The van der Waals surface area contributed by atoms with Crippen LogP contribution < -0.4 is 10.0 Å². The summed E-state index contributed by atoms with van der Waals surface area (Å²) < 4.78 is 26.7. The average Bonchev–Trinajstić information content (AvgIpc) is 2.46. The molecule has 0 radical (unpaired) electrons. The molecule has 1 heterocycles. The van der Waals surface area contributed by atoms with Crippen LogP contribution in [0.5, 0.6) is 5.75 Å².